The van der Waals surface area contributed by atoms with Gasteiger partial charge in [0.25, 0.3) is 0 Å². The average Bonchev–Trinajstić information content (AvgIpc) is 3.51. The fourth-order valence-electron chi connectivity index (χ4n) is 5.49. The second-order valence-electron chi connectivity index (χ2n) is 12.7. The molecule has 3 rings (SSSR count). The molecule has 0 radical (unpaired) electrons. The highest BCUT2D eigenvalue weighted by Crippen LogP contribution is 2.28. The minimum Gasteiger partial charge on any atom is -0.460 e. The molecule has 0 spiro atoms. The third kappa shape index (κ3) is 13.0. The Morgan fingerprint density at radius 1 is 0.844 bits per heavy atom. The van der Waals surface area contributed by atoms with Crippen molar-refractivity contribution in [3.05, 3.63) is 24.3 Å². The van der Waals surface area contributed by atoms with E-state index in [1.54, 1.807) is 32.9 Å². The zero-order valence-corrected chi connectivity index (χ0v) is 27.5. The van der Waals surface area contributed by atoms with Crippen molar-refractivity contribution in [1.82, 2.24) is 4.90 Å². The summed E-state index contributed by atoms with van der Waals surface area (Å²) in [6.07, 6.45) is 4.61. The molecule has 3 fully saturated rings. The first kappa shape index (κ1) is 37.6. The van der Waals surface area contributed by atoms with Crippen molar-refractivity contribution in [2.75, 3.05) is 19.7 Å². The van der Waals surface area contributed by atoms with E-state index in [2.05, 4.69) is 0 Å². The molecule has 0 aromatic carbocycles. The van der Waals surface area contributed by atoms with E-state index in [0.29, 0.717) is 25.7 Å². The van der Waals surface area contributed by atoms with Crippen molar-refractivity contribution in [3.8, 4) is 0 Å². The molecule has 3 aliphatic rings. The van der Waals surface area contributed by atoms with E-state index in [9.17, 15) is 24.9 Å². The zero-order chi connectivity index (χ0) is 32.9. The highest BCUT2D eigenvalue weighted by molar-refractivity contribution is 5.87. The van der Waals surface area contributed by atoms with Gasteiger partial charge in [0.15, 0.2) is 12.6 Å². The van der Waals surface area contributed by atoms with Gasteiger partial charge in [-0.15, -0.1) is 0 Å². The lowest BCUT2D eigenvalue weighted by Gasteiger charge is -2.41. The lowest BCUT2D eigenvalue weighted by Crippen LogP contribution is -2.53. The molecule has 0 aromatic rings. The minimum atomic E-state index is -1.01. The lowest BCUT2D eigenvalue weighted by molar-refractivity contribution is -0.306. The van der Waals surface area contributed by atoms with E-state index in [1.807, 2.05) is 24.8 Å². The van der Waals surface area contributed by atoms with Crippen LogP contribution in [0.4, 0.5) is 0 Å². The molecule has 1 amide bonds. The molecule has 3 aliphatic heterocycles. The molecular weight excluding hydrogens is 586 g/mol. The Morgan fingerprint density at radius 2 is 1.47 bits per heavy atom. The number of amides is 1. The van der Waals surface area contributed by atoms with Crippen LogP contribution >= 0.6 is 0 Å². The van der Waals surface area contributed by atoms with Gasteiger partial charge in [0.05, 0.1) is 43.2 Å². The molecule has 0 aliphatic carbocycles. The maximum Gasteiger partial charge on any atom is 0.330 e. The summed E-state index contributed by atoms with van der Waals surface area (Å²) in [5, 5.41) is 31.6. The van der Waals surface area contributed by atoms with E-state index in [0.717, 1.165) is 25.9 Å². The fraction of sp³-hybridized carbons (Fsp3) is 0.818. The first-order chi connectivity index (χ1) is 21.4. The van der Waals surface area contributed by atoms with Gasteiger partial charge in [-0.25, -0.2) is 4.79 Å². The monoisotopic (exact) mass is 641 g/mol. The number of allylic oxidation sites excluding steroid dienone is 2. The molecule has 10 atom stereocenters. The number of aliphatic hydroxyl groups is 3. The van der Waals surface area contributed by atoms with Gasteiger partial charge in [-0.3, -0.25) is 4.79 Å². The Morgan fingerprint density at radius 3 is 2.11 bits per heavy atom. The molecular formula is C33H55NO11. The van der Waals surface area contributed by atoms with Crippen molar-refractivity contribution in [1.29, 1.82) is 0 Å². The largest absolute Gasteiger partial charge is 0.460 e. The number of likely N-dealkylation sites (tertiary alicyclic amines) is 1. The summed E-state index contributed by atoms with van der Waals surface area (Å²) in [6, 6.07) is 0. The van der Waals surface area contributed by atoms with E-state index >= 15 is 0 Å². The number of hydrogen-bond donors (Lipinski definition) is 3. The van der Waals surface area contributed by atoms with E-state index in [-0.39, 0.29) is 49.6 Å². The number of hydrogen-bond acceptors (Lipinski definition) is 11. The molecule has 258 valence electrons. The molecule has 12 nitrogen and oxygen atoms in total. The maximum atomic E-state index is 12.2. The number of aliphatic hydroxyl groups excluding tert-OH is 3. The minimum absolute atomic E-state index is 0.0203. The van der Waals surface area contributed by atoms with Gasteiger partial charge in [-0.1, -0.05) is 12.2 Å². The Hall–Kier alpha value is -1.90. The van der Waals surface area contributed by atoms with Crippen LogP contribution in [0.3, 0.4) is 0 Å². The predicted octanol–water partition coefficient (Wildman–Crippen LogP) is 2.76. The molecule has 12 heteroatoms. The predicted molar refractivity (Wildman–Crippen MR) is 165 cm³/mol. The molecule has 0 bridgehead atoms. The normalized spacial score (nSPS) is 32.4. The highest BCUT2D eigenvalue weighted by atomic mass is 16.7. The molecule has 45 heavy (non-hydrogen) atoms. The summed E-state index contributed by atoms with van der Waals surface area (Å²) in [6.45, 7) is 10.7. The van der Waals surface area contributed by atoms with E-state index in [4.69, 9.17) is 28.4 Å². The van der Waals surface area contributed by atoms with Crippen LogP contribution in [0.1, 0.15) is 86.0 Å². The van der Waals surface area contributed by atoms with Crippen LogP contribution in [0.5, 0.6) is 0 Å². The van der Waals surface area contributed by atoms with Crippen molar-refractivity contribution in [2.45, 2.75) is 154 Å². The molecule has 0 saturated carbocycles. The Labute approximate surface area is 267 Å². The van der Waals surface area contributed by atoms with Gasteiger partial charge in [-0.2, -0.15) is 0 Å². The quantitative estimate of drug-likeness (QED) is 0.168. The van der Waals surface area contributed by atoms with Crippen LogP contribution in [0.25, 0.3) is 0 Å². The number of rotatable bonds is 16. The zero-order valence-electron chi connectivity index (χ0n) is 27.5. The van der Waals surface area contributed by atoms with Crippen LogP contribution in [-0.4, -0.2) is 119 Å². The molecule has 0 aromatic heterocycles. The van der Waals surface area contributed by atoms with Gasteiger partial charge in [-0.05, 0) is 79.2 Å². The standard InChI is InChI=1S/C33H55NO11/c1-21(2)41-31(39)15-9-7-13-23(4)43-33-28(19-25(35)24(5)44-33)40-20-29-26(36)18-27(37)32(45-29)42-22(3)12-6-8-14-30(38)34-16-10-11-17-34/h8-9,14-15,21-29,32-33,35-37H,6-7,10-13,16-20H2,1-5H3/b14-8+,15-9+/t22-,23-,24+,25-,26-,27-,28-,29+,32-,33-/m1/s1. The summed E-state index contributed by atoms with van der Waals surface area (Å²) in [5.41, 5.74) is 0. The summed E-state index contributed by atoms with van der Waals surface area (Å²) in [5.74, 6) is -0.348. The molecule has 3 heterocycles. The van der Waals surface area contributed by atoms with Gasteiger partial charge in [0.2, 0.25) is 5.91 Å². The Bertz CT molecular complexity index is 953. The summed E-state index contributed by atoms with van der Waals surface area (Å²) in [4.78, 5) is 25.7. The summed E-state index contributed by atoms with van der Waals surface area (Å²) >= 11 is 0. The smallest absolute Gasteiger partial charge is 0.330 e. The second-order valence-corrected chi connectivity index (χ2v) is 12.7. The SMILES string of the molecule is CC(C)OC(=O)/C=C/CC[C@@H](C)O[C@@H]1O[C@@H](C)[C@H](O)C[C@H]1OC[C@@H]1O[C@@H](O[C@H](C)CC/C=C/C(=O)N2CCCC2)[C@H](O)C[C@H]1O. The van der Waals surface area contributed by atoms with Crippen LogP contribution < -0.4 is 0 Å². The van der Waals surface area contributed by atoms with Crippen molar-refractivity contribution < 1.29 is 53.3 Å². The third-order valence-electron chi connectivity index (χ3n) is 8.17. The van der Waals surface area contributed by atoms with Gasteiger partial charge >= 0.3 is 5.97 Å². The van der Waals surface area contributed by atoms with E-state index < -0.39 is 49.2 Å². The number of ether oxygens (including phenoxy) is 6. The van der Waals surface area contributed by atoms with Gasteiger partial charge < -0.3 is 48.6 Å². The first-order valence-corrected chi connectivity index (χ1v) is 16.5. The first-order valence-electron chi connectivity index (χ1n) is 16.5. The van der Waals surface area contributed by atoms with Crippen LogP contribution in [-0.2, 0) is 38.0 Å². The number of carbonyl (C=O) groups excluding carboxylic acids is 2. The summed E-state index contributed by atoms with van der Waals surface area (Å²) in [7, 11) is 0. The molecule has 3 N–H and O–H groups in total. The third-order valence-corrected chi connectivity index (χ3v) is 8.17. The van der Waals surface area contributed by atoms with Crippen LogP contribution in [0.15, 0.2) is 24.3 Å². The number of esters is 1. The topological polar surface area (TPSA) is 153 Å². The van der Waals surface area contributed by atoms with E-state index in [1.165, 1.54) is 6.08 Å². The Balaban J connectivity index is 1.45. The van der Waals surface area contributed by atoms with Crippen LogP contribution in [0.2, 0.25) is 0 Å². The Kier molecular flexibility index (Phi) is 15.9. The number of nitrogens with zero attached hydrogens (tertiary/aromatic N) is 1. The molecule has 3 saturated heterocycles. The van der Waals surface area contributed by atoms with Gasteiger partial charge in [0.1, 0.15) is 18.3 Å². The number of carbonyl (C=O) groups is 2. The maximum absolute atomic E-state index is 12.2. The summed E-state index contributed by atoms with van der Waals surface area (Å²) < 4.78 is 35.2. The second kappa shape index (κ2) is 19.0. The lowest BCUT2D eigenvalue weighted by atomic mass is 10.0. The fourth-order valence-corrected chi connectivity index (χ4v) is 5.49. The van der Waals surface area contributed by atoms with Crippen molar-refractivity contribution >= 4 is 11.9 Å². The highest BCUT2D eigenvalue weighted by Gasteiger charge is 2.41. The van der Waals surface area contributed by atoms with Gasteiger partial charge in [0, 0.05) is 32.0 Å². The van der Waals surface area contributed by atoms with Crippen molar-refractivity contribution in [3.63, 3.8) is 0 Å². The van der Waals surface area contributed by atoms with Crippen molar-refractivity contribution in [2.24, 2.45) is 0 Å². The van der Waals surface area contributed by atoms with Crippen LogP contribution in [0, 0.1) is 0 Å². The average molecular weight is 642 g/mol. The molecule has 0 unspecified atom stereocenters.